The molecule has 0 unspecified atom stereocenters. The van der Waals surface area contributed by atoms with Crippen LogP contribution in [0.2, 0.25) is 5.02 Å². The molecule has 2 aliphatic heterocycles. The number of anilines is 1. The van der Waals surface area contributed by atoms with E-state index in [4.69, 9.17) is 33.0 Å². The van der Waals surface area contributed by atoms with Crippen molar-refractivity contribution in [2.24, 2.45) is 11.6 Å². The number of hydrogen-bond acceptors (Lipinski definition) is 8. The number of piperidine rings is 1. The monoisotopic (exact) mass is 444 g/mol. The van der Waals surface area contributed by atoms with Crippen LogP contribution in [0.4, 0.5) is 5.82 Å². The van der Waals surface area contributed by atoms with Crippen molar-refractivity contribution in [2.45, 2.75) is 31.3 Å². The zero-order valence-electron chi connectivity index (χ0n) is 17.0. The van der Waals surface area contributed by atoms with Crippen LogP contribution in [0.1, 0.15) is 30.5 Å². The minimum absolute atomic E-state index is 0.163. The normalized spacial score (nSPS) is 17.7. The lowest BCUT2D eigenvalue weighted by atomic mass is 9.83. The fourth-order valence-corrected chi connectivity index (χ4v) is 4.36. The summed E-state index contributed by atoms with van der Waals surface area (Å²) < 4.78 is 6.41. The minimum Gasteiger partial charge on any atom is -0.487 e. The topological polar surface area (TPSA) is 131 Å². The van der Waals surface area contributed by atoms with E-state index < -0.39 is 5.97 Å². The number of rotatable bonds is 5. The summed E-state index contributed by atoms with van der Waals surface area (Å²) in [5.41, 5.74) is 7.56. The van der Waals surface area contributed by atoms with Crippen molar-refractivity contribution in [1.82, 2.24) is 15.2 Å². The minimum atomic E-state index is -1.05. The molecule has 0 atom stereocenters. The van der Waals surface area contributed by atoms with Gasteiger partial charge in [-0.2, -0.15) is 0 Å². The third kappa shape index (κ3) is 4.67. The zero-order valence-corrected chi connectivity index (χ0v) is 17.8. The van der Waals surface area contributed by atoms with Crippen molar-refractivity contribution in [3.8, 4) is 5.75 Å². The molecule has 1 aromatic heterocycles. The number of nitrogens with two attached hydrogens (primary N) is 2. The third-order valence-electron chi connectivity index (χ3n) is 5.80. The molecule has 1 fully saturated rings. The van der Waals surface area contributed by atoms with Gasteiger partial charge in [0.2, 0.25) is 0 Å². The Labute approximate surface area is 185 Å². The number of fused-ring (bicyclic) bond motifs is 1. The molecule has 2 aliphatic rings. The second-order valence-corrected chi connectivity index (χ2v) is 8.32. The molecule has 5 N–H and O–H groups in total. The lowest BCUT2D eigenvalue weighted by molar-refractivity contribution is -0.137. The first-order valence-electron chi connectivity index (χ1n) is 10.1. The lowest BCUT2D eigenvalue weighted by Gasteiger charge is -2.45. The van der Waals surface area contributed by atoms with Gasteiger partial charge in [-0.1, -0.05) is 17.7 Å². The summed E-state index contributed by atoms with van der Waals surface area (Å²) in [7, 11) is 0. The van der Waals surface area contributed by atoms with Gasteiger partial charge in [0.25, 0.3) is 0 Å². The van der Waals surface area contributed by atoms with Crippen molar-refractivity contribution in [3.63, 3.8) is 0 Å². The van der Waals surface area contributed by atoms with E-state index in [-0.39, 0.29) is 17.8 Å². The van der Waals surface area contributed by atoms with Crippen molar-refractivity contribution in [1.29, 1.82) is 0 Å². The number of hydrazine groups is 1. The maximum Gasteiger partial charge on any atom is 0.324 e. The highest BCUT2D eigenvalue weighted by Crippen LogP contribution is 2.42. The second-order valence-electron chi connectivity index (χ2n) is 7.92. The van der Waals surface area contributed by atoms with Crippen LogP contribution in [0.25, 0.3) is 5.70 Å². The molecule has 1 aromatic carbocycles. The molecule has 0 saturated carbocycles. The average Bonchev–Trinajstić information content (AvgIpc) is 2.74. The summed E-state index contributed by atoms with van der Waals surface area (Å²) in [6.07, 6.45) is 4.99. The Hall–Kier alpha value is -3.04. The van der Waals surface area contributed by atoms with E-state index in [0.717, 1.165) is 65.9 Å². The number of carbonyl (C=O) groups is 1. The predicted octanol–water partition coefficient (Wildman–Crippen LogP) is 2.01. The molecule has 0 radical (unpaired) electrons. The van der Waals surface area contributed by atoms with Crippen LogP contribution in [0.15, 0.2) is 36.5 Å². The summed E-state index contributed by atoms with van der Waals surface area (Å²) in [5.74, 6) is 6.20. The SMILES string of the molecule is N/C(=C\N(N)CC(=O)O)c1ccc(N2CCC3(CCc4c(Cl)cccc4O3)CC2)nn1. The summed E-state index contributed by atoms with van der Waals surface area (Å²) in [4.78, 5) is 12.9. The summed E-state index contributed by atoms with van der Waals surface area (Å²) in [5, 5.41) is 19.0. The summed E-state index contributed by atoms with van der Waals surface area (Å²) in [6.45, 7) is 1.26. The molecule has 4 rings (SSSR count). The first kappa shape index (κ1) is 21.2. The van der Waals surface area contributed by atoms with Gasteiger partial charge in [0, 0.05) is 42.7 Å². The molecule has 0 bridgehead atoms. The highest BCUT2D eigenvalue weighted by Gasteiger charge is 2.40. The number of carboxylic acids is 1. The Balaban J connectivity index is 1.38. The van der Waals surface area contributed by atoms with Gasteiger partial charge in [0.1, 0.15) is 23.6 Å². The quantitative estimate of drug-likeness (QED) is 0.468. The van der Waals surface area contributed by atoms with E-state index in [1.807, 2.05) is 24.3 Å². The lowest BCUT2D eigenvalue weighted by Crippen LogP contribution is -2.50. The van der Waals surface area contributed by atoms with Gasteiger partial charge in [0.15, 0.2) is 5.82 Å². The van der Waals surface area contributed by atoms with Crippen molar-refractivity contribution < 1.29 is 14.6 Å². The Morgan fingerprint density at radius 1 is 1.26 bits per heavy atom. The van der Waals surface area contributed by atoms with Gasteiger partial charge >= 0.3 is 5.97 Å². The molecule has 0 amide bonds. The molecule has 1 saturated heterocycles. The molecular weight excluding hydrogens is 420 g/mol. The van der Waals surface area contributed by atoms with Crippen LogP contribution in [0.3, 0.4) is 0 Å². The van der Waals surface area contributed by atoms with Crippen molar-refractivity contribution in [2.75, 3.05) is 24.5 Å². The number of nitrogens with zero attached hydrogens (tertiary/aromatic N) is 4. The van der Waals surface area contributed by atoms with Gasteiger partial charge < -0.3 is 25.5 Å². The molecule has 31 heavy (non-hydrogen) atoms. The fraction of sp³-hybridized carbons (Fsp3) is 0.381. The maximum absolute atomic E-state index is 10.7. The molecular formula is C21H25ClN6O3. The summed E-state index contributed by atoms with van der Waals surface area (Å²) in [6, 6.07) is 9.44. The van der Waals surface area contributed by atoms with Crippen LogP contribution in [-0.2, 0) is 11.2 Å². The maximum atomic E-state index is 10.7. The smallest absolute Gasteiger partial charge is 0.324 e. The third-order valence-corrected chi connectivity index (χ3v) is 6.15. The molecule has 9 nitrogen and oxygen atoms in total. The van der Waals surface area contributed by atoms with Gasteiger partial charge in [-0.25, -0.2) is 5.84 Å². The molecule has 2 aromatic rings. The van der Waals surface area contributed by atoms with Crippen LogP contribution in [0, 0.1) is 0 Å². The first-order valence-corrected chi connectivity index (χ1v) is 10.5. The molecule has 0 aliphatic carbocycles. The van der Waals surface area contributed by atoms with E-state index in [0.29, 0.717) is 5.69 Å². The Morgan fingerprint density at radius 2 is 2.03 bits per heavy atom. The number of halogens is 1. The predicted molar refractivity (Wildman–Crippen MR) is 117 cm³/mol. The molecule has 1 spiro atoms. The Kier molecular flexibility index (Phi) is 5.88. The summed E-state index contributed by atoms with van der Waals surface area (Å²) >= 11 is 6.31. The number of carboxylic acid groups (broad SMARTS) is 1. The van der Waals surface area contributed by atoms with Crippen molar-refractivity contribution >= 4 is 29.1 Å². The number of hydrogen-bond donors (Lipinski definition) is 3. The number of aliphatic carboxylic acids is 1. The standard InChI is InChI=1S/C21H25ClN6O3/c22-15-2-1-3-18-14(15)6-7-21(31-18)8-10-27(11-9-21)19-5-4-17(25-26-19)16(23)12-28(24)13-20(29)30/h1-5,12H,6-11,13,23-24H2,(H,29,30)/b16-12-. The number of ether oxygens (including phenoxy) is 1. The van der Waals surface area contributed by atoms with E-state index in [2.05, 4.69) is 15.1 Å². The van der Waals surface area contributed by atoms with E-state index in [9.17, 15) is 4.79 Å². The van der Waals surface area contributed by atoms with E-state index >= 15 is 0 Å². The highest BCUT2D eigenvalue weighted by atomic mass is 35.5. The van der Waals surface area contributed by atoms with Crippen LogP contribution in [0.5, 0.6) is 5.75 Å². The Bertz CT molecular complexity index is 989. The van der Waals surface area contributed by atoms with E-state index in [1.54, 1.807) is 6.07 Å². The van der Waals surface area contributed by atoms with Crippen molar-refractivity contribution in [3.05, 3.63) is 52.8 Å². The average molecular weight is 445 g/mol. The molecule has 10 heteroatoms. The molecule has 164 valence electrons. The zero-order chi connectivity index (χ0) is 22.0. The number of aromatic nitrogens is 2. The highest BCUT2D eigenvalue weighted by molar-refractivity contribution is 6.31. The van der Waals surface area contributed by atoms with Crippen LogP contribution < -0.4 is 21.2 Å². The van der Waals surface area contributed by atoms with Gasteiger partial charge in [-0.05, 0) is 37.1 Å². The fourth-order valence-electron chi connectivity index (χ4n) is 4.10. The van der Waals surface area contributed by atoms with Gasteiger partial charge in [-0.3, -0.25) is 4.79 Å². The molecule has 3 heterocycles. The Morgan fingerprint density at radius 3 is 2.71 bits per heavy atom. The largest absolute Gasteiger partial charge is 0.487 e. The van der Waals surface area contributed by atoms with Gasteiger partial charge in [0.05, 0.1) is 5.70 Å². The van der Waals surface area contributed by atoms with Crippen LogP contribution >= 0.6 is 11.6 Å². The van der Waals surface area contributed by atoms with E-state index in [1.165, 1.54) is 6.20 Å². The second kappa shape index (κ2) is 8.60. The first-order chi connectivity index (χ1) is 14.8. The van der Waals surface area contributed by atoms with Gasteiger partial charge in [-0.15, -0.1) is 10.2 Å². The van der Waals surface area contributed by atoms with Crippen LogP contribution in [-0.4, -0.2) is 51.5 Å². The number of benzene rings is 1.